The van der Waals surface area contributed by atoms with Crippen LogP contribution in [0.1, 0.15) is 5.56 Å². The number of methoxy groups -OCH3 is 4. The van der Waals surface area contributed by atoms with E-state index in [4.69, 9.17) is 18.9 Å². The molecule has 0 aliphatic carbocycles. The van der Waals surface area contributed by atoms with Crippen molar-refractivity contribution in [1.29, 1.82) is 0 Å². The number of benzene rings is 2. The molecule has 1 heterocycles. The van der Waals surface area contributed by atoms with Gasteiger partial charge in [0.15, 0.2) is 16.6 Å². The summed E-state index contributed by atoms with van der Waals surface area (Å²) in [6, 6.07) is 11.1. The monoisotopic (exact) mass is 414 g/mol. The number of nitrogens with zero attached hydrogens (tertiary/aromatic N) is 1. The van der Waals surface area contributed by atoms with E-state index in [1.807, 2.05) is 29.6 Å². The number of rotatable bonds is 8. The van der Waals surface area contributed by atoms with Crippen molar-refractivity contribution in [3.63, 3.8) is 0 Å². The second-order valence-electron chi connectivity index (χ2n) is 6.02. The van der Waals surface area contributed by atoms with E-state index < -0.39 is 0 Å². The van der Waals surface area contributed by atoms with Crippen molar-refractivity contribution in [3.05, 3.63) is 47.3 Å². The lowest BCUT2D eigenvalue weighted by atomic mass is 10.1. The summed E-state index contributed by atoms with van der Waals surface area (Å²) in [4.78, 5) is 17.0. The fourth-order valence-corrected chi connectivity index (χ4v) is 3.55. The molecule has 0 aliphatic rings. The van der Waals surface area contributed by atoms with Crippen LogP contribution in [-0.4, -0.2) is 39.3 Å². The van der Waals surface area contributed by atoms with Gasteiger partial charge in [0, 0.05) is 10.9 Å². The molecule has 1 aromatic heterocycles. The summed E-state index contributed by atoms with van der Waals surface area (Å²) in [6.45, 7) is 0. The summed E-state index contributed by atoms with van der Waals surface area (Å²) in [5.41, 5.74) is 2.48. The Morgan fingerprint density at radius 2 is 1.62 bits per heavy atom. The third-order valence-corrected chi connectivity index (χ3v) is 4.98. The van der Waals surface area contributed by atoms with Gasteiger partial charge in [0.05, 0.1) is 40.6 Å². The van der Waals surface area contributed by atoms with Gasteiger partial charge in [-0.3, -0.25) is 4.79 Å². The molecule has 29 heavy (non-hydrogen) atoms. The molecule has 0 bridgehead atoms. The van der Waals surface area contributed by atoms with Crippen molar-refractivity contribution in [1.82, 2.24) is 4.98 Å². The van der Waals surface area contributed by atoms with Crippen LogP contribution in [0.2, 0.25) is 0 Å². The average Bonchev–Trinajstić information content (AvgIpc) is 3.21. The second kappa shape index (κ2) is 9.29. The van der Waals surface area contributed by atoms with Gasteiger partial charge in [-0.05, 0) is 42.0 Å². The molecule has 0 aliphatic heterocycles. The normalized spacial score (nSPS) is 10.3. The van der Waals surface area contributed by atoms with E-state index >= 15 is 0 Å². The van der Waals surface area contributed by atoms with E-state index in [0.29, 0.717) is 22.4 Å². The van der Waals surface area contributed by atoms with Crippen molar-refractivity contribution < 1.29 is 23.7 Å². The van der Waals surface area contributed by atoms with Gasteiger partial charge in [-0.15, -0.1) is 11.3 Å². The van der Waals surface area contributed by atoms with Crippen LogP contribution in [0.5, 0.6) is 23.0 Å². The maximum atomic E-state index is 12.5. The Bertz CT molecular complexity index is 960. The summed E-state index contributed by atoms with van der Waals surface area (Å²) in [7, 11) is 6.24. The van der Waals surface area contributed by atoms with E-state index in [0.717, 1.165) is 22.6 Å². The Kier molecular flexibility index (Phi) is 6.56. The molecule has 0 spiro atoms. The van der Waals surface area contributed by atoms with Crippen LogP contribution in [0.3, 0.4) is 0 Å². The van der Waals surface area contributed by atoms with Crippen molar-refractivity contribution in [3.8, 4) is 34.3 Å². The Morgan fingerprint density at radius 1 is 0.966 bits per heavy atom. The minimum absolute atomic E-state index is 0.147. The number of nitrogens with one attached hydrogen (secondary N) is 1. The van der Waals surface area contributed by atoms with Gasteiger partial charge >= 0.3 is 0 Å². The molecule has 8 heteroatoms. The summed E-state index contributed by atoms with van der Waals surface area (Å²) in [6.07, 6.45) is 0.147. The Morgan fingerprint density at radius 3 is 2.17 bits per heavy atom. The highest BCUT2D eigenvalue weighted by molar-refractivity contribution is 7.14. The number of amides is 1. The first-order valence-corrected chi connectivity index (χ1v) is 9.64. The third-order valence-electron chi connectivity index (χ3n) is 4.23. The average molecular weight is 414 g/mol. The molecule has 0 radical (unpaired) electrons. The lowest BCUT2D eigenvalue weighted by molar-refractivity contribution is -0.115. The Balaban J connectivity index is 1.70. The van der Waals surface area contributed by atoms with E-state index in [2.05, 4.69) is 10.3 Å². The minimum atomic E-state index is -0.185. The predicted molar refractivity (Wildman–Crippen MR) is 113 cm³/mol. The van der Waals surface area contributed by atoms with Crippen LogP contribution in [-0.2, 0) is 11.2 Å². The molecule has 0 fully saturated rings. The zero-order valence-electron chi connectivity index (χ0n) is 16.6. The van der Waals surface area contributed by atoms with Gasteiger partial charge in [-0.2, -0.15) is 0 Å². The number of ether oxygens (including phenoxy) is 4. The van der Waals surface area contributed by atoms with Gasteiger partial charge in [-0.25, -0.2) is 4.98 Å². The molecule has 3 aromatic rings. The van der Waals surface area contributed by atoms with Gasteiger partial charge in [0.2, 0.25) is 11.7 Å². The first-order chi connectivity index (χ1) is 14.1. The molecule has 1 N–H and O–H groups in total. The van der Waals surface area contributed by atoms with Crippen molar-refractivity contribution in [2.24, 2.45) is 0 Å². The zero-order valence-corrected chi connectivity index (χ0v) is 17.5. The highest BCUT2D eigenvalue weighted by Crippen LogP contribution is 2.38. The molecule has 7 nitrogen and oxygen atoms in total. The standard InChI is InChI=1S/C21H22N2O5S/c1-25-15-7-5-14(6-8-15)16-12-29-21(22-16)23-19(24)11-13-9-17(26-2)20(28-4)18(10-13)27-3/h5-10,12H,11H2,1-4H3,(H,22,23,24). The summed E-state index contributed by atoms with van der Waals surface area (Å²) in [5.74, 6) is 2.09. The quantitative estimate of drug-likeness (QED) is 0.600. The molecule has 0 saturated heterocycles. The van der Waals surface area contributed by atoms with Crippen LogP contribution >= 0.6 is 11.3 Å². The Labute approximate surface area is 173 Å². The topological polar surface area (TPSA) is 78.9 Å². The number of aromatic nitrogens is 1. The smallest absolute Gasteiger partial charge is 0.230 e. The van der Waals surface area contributed by atoms with Crippen molar-refractivity contribution in [2.45, 2.75) is 6.42 Å². The largest absolute Gasteiger partial charge is 0.497 e. The molecule has 152 valence electrons. The first-order valence-electron chi connectivity index (χ1n) is 8.76. The number of thiazole rings is 1. The van der Waals surface area contributed by atoms with E-state index in [9.17, 15) is 4.79 Å². The van der Waals surface area contributed by atoms with Crippen LogP contribution in [0.25, 0.3) is 11.3 Å². The second-order valence-corrected chi connectivity index (χ2v) is 6.88. The SMILES string of the molecule is COc1ccc(-c2csc(NC(=O)Cc3cc(OC)c(OC)c(OC)c3)n2)cc1. The van der Waals surface area contributed by atoms with Crippen LogP contribution in [0.4, 0.5) is 5.13 Å². The molecule has 2 aromatic carbocycles. The minimum Gasteiger partial charge on any atom is -0.497 e. The number of hydrogen-bond acceptors (Lipinski definition) is 7. The molecule has 1 amide bonds. The molecular formula is C21H22N2O5S. The maximum absolute atomic E-state index is 12.5. The number of carbonyl (C=O) groups excluding carboxylic acids is 1. The number of carbonyl (C=O) groups is 1. The zero-order chi connectivity index (χ0) is 20.8. The van der Waals surface area contributed by atoms with E-state index in [1.165, 1.54) is 32.7 Å². The summed E-state index contributed by atoms with van der Waals surface area (Å²) < 4.78 is 21.1. The van der Waals surface area contributed by atoms with Gasteiger partial charge in [0.1, 0.15) is 5.75 Å². The molecule has 0 saturated carbocycles. The van der Waals surface area contributed by atoms with Crippen LogP contribution in [0.15, 0.2) is 41.8 Å². The highest BCUT2D eigenvalue weighted by atomic mass is 32.1. The van der Waals surface area contributed by atoms with Gasteiger partial charge in [-0.1, -0.05) is 0 Å². The Hall–Kier alpha value is -3.26. The third kappa shape index (κ3) is 4.78. The molecule has 0 atom stereocenters. The predicted octanol–water partition coefficient (Wildman–Crippen LogP) is 4.03. The van der Waals surface area contributed by atoms with E-state index in [-0.39, 0.29) is 12.3 Å². The highest BCUT2D eigenvalue weighted by Gasteiger charge is 2.16. The van der Waals surface area contributed by atoms with Gasteiger partial charge in [0.25, 0.3) is 0 Å². The van der Waals surface area contributed by atoms with Crippen LogP contribution < -0.4 is 24.3 Å². The molecule has 0 unspecified atom stereocenters. The lowest BCUT2D eigenvalue weighted by Gasteiger charge is -2.13. The summed E-state index contributed by atoms with van der Waals surface area (Å²) >= 11 is 1.37. The van der Waals surface area contributed by atoms with Crippen molar-refractivity contribution >= 4 is 22.4 Å². The fourth-order valence-electron chi connectivity index (χ4n) is 2.81. The van der Waals surface area contributed by atoms with Gasteiger partial charge < -0.3 is 24.3 Å². The number of anilines is 1. The van der Waals surface area contributed by atoms with Crippen molar-refractivity contribution in [2.75, 3.05) is 33.8 Å². The first kappa shape index (κ1) is 20.5. The molecule has 3 rings (SSSR count). The van der Waals surface area contributed by atoms with E-state index in [1.54, 1.807) is 19.2 Å². The lowest BCUT2D eigenvalue weighted by Crippen LogP contribution is -2.14. The summed E-state index contributed by atoms with van der Waals surface area (Å²) in [5, 5.41) is 5.27. The maximum Gasteiger partial charge on any atom is 0.230 e. The van der Waals surface area contributed by atoms with Crippen LogP contribution in [0, 0.1) is 0 Å². The molecular weight excluding hydrogens is 392 g/mol. The number of hydrogen-bond donors (Lipinski definition) is 1. The fraction of sp³-hybridized carbons (Fsp3) is 0.238.